The van der Waals surface area contributed by atoms with Crippen LogP contribution in [0.4, 0.5) is 0 Å². The minimum Gasteiger partial charge on any atom is -0.462 e. The summed E-state index contributed by atoms with van der Waals surface area (Å²) in [5.41, 5.74) is 0. The highest BCUT2D eigenvalue weighted by molar-refractivity contribution is 5.71. The van der Waals surface area contributed by atoms with Crippen molar-refractivity contribution in [3.8, 4) is 0 Å². The van der Waals surface area contributed by atoms with Crippen LogP contribution < -0.4 is 0 Å². The highest BCUT2D eigenvalue weighted by atomic mass is 16.6. The smallest absolute Gasteiger partial charge is 0.306 e. The lowest BCUT2D eigenvalue weighted by Gasteiger charge is -2.18. The Labute approximate surface area is 511 Å². The van der Waals surface area contributed by atoms with E-state index in [0.717, 1.165) is 70.6 Å². The number of ether oxygens (including phenoxy) is 3. The van der Waals surface area contributed by atoms with Gasteiger partial charge in [0.05, 0.1) is 0 Å². The molecule has 0 aromatic heterocycles. The summed E-state index contributed by atoms with van der Waals surface area (Å²) in [5, 5.41) is 0. The van der Waals surface area contributed by atoms with Crippen molar-refractivity contribution in [1.29, 1.82) is 0 Å². The van der Waals surface area contributed by atoms with Crippen molar-refractivity contribution in [2.75, 3.05) is 13.2 Å². The zero-order chi connectivity index (χ0) is 59.2. The number of esters is 3. The molecule has 6 nitrogen and oxygen atoms in total. The standard InChI is InChI=1S/C76H140O6/c1-4-7-10-13-16-19-22-25-28-31-33-35-37-38-40-41-43-45-48-51-54-57-60-63-66-69-75(78)81-72-73(71-80-74(77)68-65-62-59-56-53-50-47-30-27-24-21-18-15-12-9-6-3)82-76(79)70-67-64-61-58-55-52-49-46-44-42-39-36-34-32-29-26-23-20-17-14-11-8-5-2/h22,25,31-34,37-38,73H,4-21,23-24,26-30,35-36,39-72H2,1-3H3/b25-22-,33-31-,34-32-,38-37-. The van der Waals surface area contributed by atoms with Gasteiger partial charge in [0.2, 0.25) is 0 Å². The van der Waals surface area contributed by atoms with Gasteiger partial charge in [0.15, 0.2) is 6.10 Å². The molecule has 82 heavy (non-hydrogen) atoms. The zero-order valence-corrected chi connectivity index (χ0v) is 55.3. The van der Waals surface area contributed by atoms with Crippen LogP contribution in [0, 0.1) is 0 Å². The average Bonchev–Trinajstić information content (AvgIpc) is 3.47. The highest BCUT2D eigenvalue weighted by Gasteiger charge is 2.19. The van der Waals surface area contributed by atoms with Crippen molar-refractivity contribution >= 4 is 17.9 Å². The molecule has 0 amide bonds. The van der Waals surface area contributed by atoms with E-state index < -0.39 is 6.10 Å². The van der Waals surface area contributed by atoms with Gasteiger partial charge in [-0.25, -0.2) is 0 Å². The fraction of sp³-hybridized carbons (Fsp3) is 0.855. The number of unbranched alkanes of at least 4 members (excludes halogenated alkanes) is 49. The number of rotatable bonds is 68. The molecular weight excluding hydrogens is 1010 g/mol. The first-order valence-electron chi connectivity index (χ1n) is 36.6. The molecular formula is C76H140O6. The summed E-state index contributed by atoms with van der Waals surface area (Å²) < 4.78 is 17.0. The molecule has 0 rings (SSSR count). The molecule has 0 aliphatic carbocycles. The van der Waals surface area contributed by atoms with Gasteiger partial charge in [0.25, 0.3) is 0 Å². The maximum atomic E-state index is 13.0. The molecule has 0 aliphatic rings. The van der Waals surface area contributed by atoms with Crippen LogP contribution >= 0.6 is 0 Å². The third-order valence-corrected chi connectivity index (χ3v) is 16.6. The normalized spacial score (nSPS) is 12.3. The summed E-state index contributed by atoms with van der Waals surface area (Å²) >= 11 is 0. The summed E-state index contributed by atoms with van der Waals surface area (Å²) in [5.74, 6) is -0.845. The van der Waals surface area contributed by atoms with Crippen molar-refractivity contribution in [1.82, 2.24) is 0 Å². The third kappa shape index (κ3) is 68.2. The molecule has 1 unspecified atom stereocenters. The maximum absolute atomic E-state index is 13.0. The SMILES string of the molecule is CCCCCCC/C=C\C/C=C\C/C=C\CCCCCCCCCCCCC(=O)OCC(COC(=O)CCCCCCCCCCCCCCCCCC)OC(=O)CCCCCCCCCCCCC/C=C\CCCCCCCCCC. The number of hydrogen-bond acceptors (Lipinski definition) is 6. The van der Waals surface area contributed by atoms with Crippen LogP contribution in [0.3, 0.4) is 0 Å². The fourth-order valence-electron chi connectivity index (χ4n) is 11.0. The monoisotopic (exact) mass is 1150 g/mol. The Morgan fingerprint density at radius 1 is 0.244 bits per heavy atom. The second-order valence-corrected chi connectivity index (χ2v) is 24.9. The van der Waals surface area contributed by atoms with E-state index in [1.54, 1.807) is 0 Å². The predicted octanol–water partition coefficient (Wildman–Crippen LogP) is 25.3. The van der Waals surface area contributed by atoms with Crippen molar-refractivity contribution in [3.63, 3.8) is 0 Å². The summed E-state index contributed by atoms with van der Waals surface area (Å²) in [6.07, 6.45) is 89.9. The molecule has 0 radical (unpaired) electrons. The average molecular weight is 1150 g/mol. The van der Waals surface area contributed by atoms with Crippen molar-refractivity contribution in [2.24, 2.45) is 0 Å². The molecule has 0 aromatic rings. The van der Waals surface area contributed by atoms with Gasteiger partial charge < -0.3 is 14.2 Å². The van der Waals surface area contributed by atoms with Crippen LogP contribution in [0.25, 0.3) is 0 Å². The second kappa shape index (κ2) is 70.9. The Bertz CT molecular complexity index is 1410. The first-order chi connectivity index (χ1) is 40.5. The van der Waals surface area contributed by atoms with E-state index in [9.17, 15) is 14.4 Å². The Balaban J connectivity index is 4.30. The minimum atomic E-state index is -0.775. The van der Waals surface area contributed by atoms with Crippen molar-refractivity contribution in [3.05, 3.63) is 48.6 Å². The van der Waals surface area contributed by atoms with Crippen LogP contribution in [0.1, 0.15) is 400 Å². The molecule has 0 aliphatic heterocycles. The van der Waals surface area contributed by atoms with E-state index >= 15 is 0 Å². The lowest BCUT2D eigenvalue weighted by atomic mass is 10.0. The Hall–Kier alpha value is -2.63. The van der Waals surface area contributed by atoms with Gasteiger partial charge in [-0.15, -0.1) is 0 Å². The Kier molecular flexibility index (Phi) is 68.6. The van der Waals surface area contributed by atoms with E-state index in [4.69, 9.17) is 14.2 Å². The molecule has 0 heterocycles. The second-order valence-electron chi connectivity index (χ2n) is 24.9. The molecule has 0 spiro atoms. The number of hydrogen-bond donors (Lipinski definition) is 0. The molecule has 0 fully saturated rings. The maximum Gasteiger partial charge on any atom is 0.306 e. The van der Waals surface area contributed by atoms with Crippen molar-refractivity contribution in [2.45, 2.75) is 406 Å². The van der Waals surface area contributed by atoms with E-state index in [-0.39, 0.29) is 31.1 Å². The van der Waals surface area contributed by atoms with Gasteiger partial charge >= 0.3 is 17.9 Å². The summed E-state index contributed by atoms with van der Waals surface area (Å²) in [4.78, 5) is 38.5. The van der Waals surface area contributed by atoms with Gasteiger partial charge in [0.1, 0.15) is 13.2 Å². The van der Waals surface area contributed by atoms with E-state index in [1.807, 2.05) is 0 Å². The van der Waals surface area contributed by atoms with Crippen LogP contribution in [-0.4, -0.2) is 37.2 Å². The number of allylic oxidation sites excluding steroid dienone is 8. The highest BCUT2D eigenvalue weighted by Crippen LogP contribution is 2.18. The zero-order valence-electron chi connectivity index (χ0n) is 55.3. The Morgan fingerprint density at radius 2 is 0.439 bits per heavy atom. The van der Waals surface area contributed by atoms with Crippen LogP contribution in [0.15, 0.2) is 48.6 Å². The molecule has 480 valence electrons. The first-order valence-corrected chi connectivity index (χ1v) is 36.6. The lowest BCUT2D eigenvalue weighted by Crippen LogP contribution is -2.30. The Morgan fingerprint density at radius 3 is 0.695 bits per heavy atom. The molecule has 6 heteroatoms. The first kappa shape index (κ1) is 79.4. The van der Waals surface area contributed by atoms with Gasteiger partial charge in [-0.1, -0.05) is 345 Å². The lowest BCUT2D eigenvalue weighted by molar-refractivity contribution is -0.167. The van der Waals surface area contributed by atoms with Gasteiger partial charge in [-0.05, 0) is 83.5 Å². The van der Waals surface area contributed by atoms with Gasteiger partial charge in [-0.2, -0.15) is 0 Å². The summed E-state index contributed by atoms with van der Waals surface area (Å²) in [6.45, 7) is 6.70. The molecule has 0 bridgehead atoms. The van der Waals surface area contributed by atoms with Crippen LogP contribution in [-0.2, 0) is 28.6 Å². The minimum absolute atomic E-state index is 0.0696. The number of carbonyl (C=O) groups excluding carboxylic acids is 3. The largest absolute Gasteiger partial charge is 0.462 e. The van der Waals surface area contributed by atoms with Gasteiger partial charge in [-0.3, -0.25) is 14.4 Å². The molecule has 0 N–H and O–H groups in total. The van der Waals surface area contributed by atoms with E-state index in [0.29, 0.717) is 19.3 Å². The van der Waals surface area contributed by atoms with E-state index in [2.05, 4.69) is 69.4 Å². The molecule has 0 aromatic carbocycles. The van der Waals surface area contributed by atoms with Crippen LogP contribution in [0.5, 0.6) is 0 Å². The molecule has 1 atom stereocenters. The predicted molar refractivity (Wildman–Crippen MR) is 358 cm³/mol. The fourth-order valence-corrected chi connectivity index (χ4v) is 11.0. The summed E-state index contributed by atoms with van der Waals surface area (Å²) in [6, 6.07) is 0. The summed E-state index contributed by atoms with van der Waals surface area (Å²) in [7, 11) is 0. The van der Waals surface area contributed by atoms with Crippen molar-refractivity contribution < 1.29 is 28.6 Å². The third-order valence-electron chi connectivity index (χ3n) is 16.6. The number of carbonyl (C=O) groups is 3. The quantitative estimate of drug-likeness (QED) is 0.0261. The van der Waals surface area contributed by atoms with Crippen LogP contribution in [0.2, 0.25) is 0 Å². The van der Waals surface area contributed by atoms with E-state index in [1.165, 1.54) is 289 Å². The topological polar surface area (TPSA) is 78.9 Å². The van der Waals surface area contributed by atoms with Gasteiger partial charge in [0, 0.05) is 19.3 Å². The molecule has 0 saturated heterocycles. The molecule has 0 saturated carbocycles.